The number of rotatable bonds is 4. The van der Waals surface area contributed by atoms with Crippen molar-refractivity contribution < 1.29 is 12.8 Å². The Labute approximate surface area is 156 Å². The third kappa shape index (κ3) is 3.62. The fraction of sp³-hybridized carbons (Fsp3) is 0.353. The largest absolute Gasteiger partial charge is 0.351 e. The highest BCUT2D eigenvalue weighted by molar-refractivity contribution is 7.88. The summed E-state index contributed by atoms with van der Waals surface area (Å²) >= 11 is 0. The van der Waals surface area contributed by atoms with Gasteiger partial charge in [-0.25, -0.2) is 32.1 Å². The molecule has 1 aliphatic rings. The van der Waals surface area contributed by atoms with Gasteiger partial charge in [0.1, 0.15) is 11.3 Å². The number of sulfonamides is 1. The maximum Gasteiger partial charge on any atom is 0.223 e. The van der Waals surface area contributed by atoms with Crippen LogP contribution in [0.15, 0.2) is 36.8 Å². The SMILES string of the molecule is CS(=O)(=O)N1CCC(Nc2ncc(F)c(-c3cnc4ccccn34)n2)CC1. The molecule has 1 fully saturated rings. The molecular weight excluding hydrogens is 371 g/mol. The standard InChI is InChI=1S/C17H19FN6O2S/c1-27(25,26)23-8-5-12(6-9-23)21-17-20-10-13(18)16(22-17)14-11-19-15-4-2-3-7-24(14)15/h2-4,7,10-12H,5-6,8-9H2,1H3,(H,20,21,22). The summed E-state index contributed by atoms with van der Waals surface area (Å²) in [6, 6.07) is 5.56. The predicted octanol–water partition coefficient (Wildman–Crippen LogP) is 1.77. The molecule has 0 radical (unpaired) electrons. The highest BCUT2D eigenvalue weighted by Crippen LogP contribution is 2.23. The summed E-state index contributed by atoms with van der Waals surface area (Å²) in [5.74, 6) is -0.215. The van der Waals surface area contributed by atoms with Gasteiger partial charge >= 0.3 is 0 Å². The summed E-state index contributed by atoms with van der Waals surface area (Å²) < 4.78 is 40.8. The minimum Gasteiger partial charge on any atom is -0.351 e. The lowest BCUT2D eigenvalue weighted by atomic mass is 10.1. The van der Waals surface area contributed by atoms with Gasteiger partial charge in [-0.3, -0.25) is 4.40 Å². The van der Waals surface area contributed by atoms with Crippen LogP contribution in [0.1, 0.15) is 12.8 Å². The Morgan fingerprint density at radius 1 is 1.19 bits per heavy atom. The Kier molecular flexibility index (Phi) is 4.52. The van der Waals surface area contributed by atoms with E-state index in [9.17, 15) is 12.8 Å². The van der Waals surface area contributed by atoms with E-state index in [2.05, 4.69) is 20.3 Å². The number of imidazole rings is 1. The number of piperidine rings is 1. The zero-order valence-corrected chi connectivity index (χ0v) is 15.5. The van der Waals surface area contributed by atoms with E-state index < -0.39 is 15.8 Å². The van der Waals surface area contributed by atoms with Crippen LogP contribution >= 0.6 is 0 Å². The van der Waals surface area contributed by atoms with Crippen molar-refractivity contribution in [2.45, 2.75) is 18.9 Å². The second-order valence-corrected chi connectivity index (χ2v) is 8.53. The van der Waals surface area contributed by atoms with Gasteiger partial charge in [-0.2, -0.15) is 0 Å². The van der Waals surface area contributed by atoms with Crippen LogP contribution in [0.4, 0.5) is 10.3 Å². The first-order valence-corrected chi connectivity index (χ1v) is 10.4. The molecule has 0 aliphatic carbocycles. The predicted molar refractivity (Wildman–Crippen MR) is 99.2 cm³/mol. The second kappa shape index (κ2) is 6.86. The smallest absolute Gasteiger partial charge is 0.223 e. The van der Waals surface area contributed by atoms with Crippen molar-refractivity contribution in [1.82, 2.24) is 23.7 Å². The highest BCUT2D eigenvalue weighted by atomic mass is 32.2. The first-order chi connectivity index (χ1) is 12.9. The van der Waals surface area contributed by atoms with E-state index in [-0.39, 0.29) is 11.7 Å². The zero-order chi connectivity index (χ0) is 19.0. The number of aromatic nitrogens is 4. The second-order valence-electron chi connectivity index (χ2n) is 6.54. The molecule has 0 bridgehead atoms. The van der Waals surface area contributed by atoms with Crippen molar-refractivity contribution in [3.63, 3.8) is 0 Å². The molecule has 4 rings (SSSR count). The molecule has 0 saturated carbocycles. The Balaban J connectivity index is 1.55. The van der Waals surface area contributed by atoms with Crippen molar-refractivity contribution in [3.8, 4) is 11.4 Å². The van der Waals surface area contributed by atoms with Crippen LogP contribution in [0.5, 0.6) is 0 Å². The van der Waals surface area contributed by atoms with Crippen LogP contribution < -0.4 is 5.32 Å². The van der Waals surface area contributed by atoms with E-state index in [4.69, 9.17) is 0 Å². The summed E-state index contributed by atoms with van der Waals surface area (Å²) in [6.07, 6.45) is 7.00. The number of halogens is 1. The minimum absolute atomic E-state index is 0.0310. The summed E-state index contributed by atoms with van der Waals surface area (Å²) in [5.41, 5.74) is 1.41. The van der Waals surface area contributed by atoms with E-state index in [1.54, 1.807) is 16.8 Å². The molecule has 1 N–H and O–H groups in total. The van der Waals surface area contributed by atoms with E-state index in [0.29, 0.717) is 43.2 Å². The van der Waals surface area contributed by atoms with E-state index in [1.807, 2.05) is 18.2 Å². The molecule has 3 aromatic rings. The van der Waals surface area contributed by atoms with Crippen molar-refractivity contribution >= 4 is 21.6 Å². The molecule has 0 amide bonds. The van der Waals surface area contributed by atoms with Crippen LogP contribution in [-0.2, 0) is 10.0 Å². The van der Waals surface area contributed by atoms with Gasteiger partial charge in [0, 0.05) is 25.3 Å². The van der Waals surface area contributed by atoms with Crippen molar-refractivity contribution in [2.75, 3.05) is 24.7 Å². The maximum atomic E-state index is 14.4. The number of hydrogen-bond donors (Lipinski definition) is 1. The molecule has 0 unspecified atom stereocenters. The average Bonchev–Trinajstić information content (AvgIpc) is 3.07. The first-order valence-electron chi connectivity index (χ1n) is 8.58. The Morgan fingerprint density at radius 2 is 1.96 bits per heavy atom. The fourth-order valence-corrected chi connectivity index (χ4v) is 4.11. The normalized spacial score (nSPS) is 16.7. The summed E-state index contributed by atoms with van der Waals surface area (Å²) in [6.45, 7) is 0.885. The fourth-order valence-electron chi connectivity index (χ4n) is 3.24. The number of anilines is 1. The van der Waals surface area contributed by atoms with Gasteiger partial charge < -0.3 is 5.32 Å². The molecule has 1 aliphatic heterocycles. The summed E-state index contributed by atoms with van der Waals surface area (Å²) in [4.78, 5) is 12.6. The highest BCUT2D eigenvalue weighted by Gasteiger charge is 2.25. The Hall–Kier alpha value is -2.59. The van der Waals surface area contributed by atoms with E-state index in [0.717, 1.165) is 6.20 Å². The number of nitrogens with one attached hydrogen (secondary N) is 1. The van der Waals surface area contributed by atoms with Crippen LogP contribution in [0.2, 0.25) is 0 Å². The van der Waals surface area contributed by atoms with Gasteiger partial charge in [0.05, 0.1) is 24.3 Å². The quantitative estimate of drug-likeness (QED) is 0.730. The van der Waals surface area contributed by atoms with Gasteiger partial charge in [0.2, 0.25) is 16.0 Å². The van der Waals surface area contributed by atoms with Gasteiger partial charge in [-0.1, -0.05) is 6.07 Å². The lowest BCUT2D eigenvalue weighted by Gasteiger charge is -2.30. The molecule has 10 heteroatoms. The average molecular weight is 390 g/mol. The first kappa shape index (κ1) is 17.8. The van der Waals surface area contributed by atoms with Gasteiger partial charge in [-0.05, 0) is 25.0 Å². The Bertz CT molecular complexity index is 1080. The molecule has 4 heterocycles. The third-order valence-corrected chi connectivity index (χ3v) is 5.96. The third-order valence-electron chi connectivity index (χ3n) is 4.66. The lowest BCUT2D eigenvalue weighted by molar-refractivity contribution is 0.331. The number of nitrogens with zero attached hydrogens (tertiary/aromatic N) is 5. The molecule has 142 valence electrons. The van der Waals surface area contributed by atoms with Crippen LogP contribution in [0, 0.1) is 5.82 Å². The van der Waals surface area contributed by atoms with Gasteiger partial charge in [0.25, 0.3) is 0 Å². The van der Waals surface area contributed by atoms with Crippen molar-refractivity contribution in [1.29, 1.82) is 0 Å². The van der Waals surface area contributed by atoms with Gasteiger partial charge in [0.15, 0.2) is 5.82 Å². The molecular formula is C17H19FN6O2S. The molecule has 0 atom stereocenters. The molecule has 3 aromatic heterocycles. The summed E-state index contributed by atoms with van der Waals surface area (Å²) in [5, 5.41) is 3.19. The lowest BCUT2D eigenvalue weighted by Crippen LogP contribution is -2.42. The molecule has 1 saturated heterocycles. The van der Waals surface area contributed by atoms with Crippen LogP contribution in [0.3, 0.4) is 0 Å². The topological polar surface area (TPSA) is 92.5 Å². The number of fused-ring (bicyclic) bond motifs is 1. The van der Waals surface area contributed by atoms with Crippen LogP contribution in [0.25, 0.3) is 17.0 Å². The van der Waals surface area contributed by atoms with E-state index >= 15 is 0 Å². The summed E-state index contributed by atoms with van der Waals surface area (Å²) in [7, 11) is -3.17. The van der Waals surface area contributed by atoms with Gasteiger partial charge in [-0.15, -0.1) is 0 Å². The van der Waals surface area contributed by atoms with Crippen molar-refractivity contribution in [2.24, 2.45) is 0 Å². The van der Waals surface area contributed by atoms with Crippen LogP contribution in [-0.4, -0.2) is 57.5 Å². The van der Waals surface area contributed by atoms with E-state index in [1.165, 1.54) is 10.6 Å². The minimum atomic E-state index is -3.17. The molecule has 8 nitrogen and oxygen atoms in total. The monoisotopic (exact) mass is 390 g/mol. The molecule has 27 heavy (non-hydrogen) atoms. The van der Waals surface area contributed by atoms with Crippen molar-refractivity contribution in [3.05, 3.63) is 42.6 Å². The molecule has 0 aromatic carbocycles. The number of pyridine rings is 1. The maximum absolute atomic E-state index is 14.4. The number of hydrogen-bond acceptors (Lipinski definition) is 6. The molecule has 0 spiro atoms. The zero-order valence-electron chi connectivity index (χ0n) is 14.7. The Morgan fingerprint density at radius 3 is 2.70 bits per heavy atom.